The second kappa shape index (κ2) is 5.64. The number of rotatable bonds is 3. The smallest absolute Gasteiger partial charge is 0.0764 e. The molecule has 0 spiro atoms. The summed E-state index contributed by atoms with van der Waals surface area (Å²) in [6.07, 6.45) is 13.6. The predicted molar refractivity (Wildman–Crippen MR) is 98.2 cm³/mol. The van der Waals surface area contributed by atoms with Crippen molar-refractivity contribution in [3.8, 4) is 0 Å². The minimum atomic E-state index is 0.478. The molecule has 0 saturated heterocycles. The Bertz CT molecular complexity index is 352. The number of hydrogen-bond donors (Lipinski definition) is 0. The molecule has 0 aromatic rings. The molecule has 0 nitrogen and oxygen atoms in total. The maximum absolute atomic E-state index is 2.63. The molecule has 3 aliphatic carbocycles. The van der Waals surface area contributed by atoms with Gasteiger partial charge in [-0.2, -0.15) is 0 Å². The van der Waals surface area contributed by atoms with Gasteiger partial charge in [0, 0.05) is 0 Å². The molecular weight excluding hydrogens is 250 g/mol. The van der Waals surface area contributed by atoms with E-state index in [-0.39, 0.29) is 0 Å². The summed E-state index contributed by atoms with van der Waals surface area (Å²) >= 11 is 0. The Hall–Kier alpha value is 0.130. The molecule has 0 amide bonds. The SMILES string of the molecule is BC(B)(C1C2CCCCC2C2CCCCC21)C(C)(C)CC. The first-order valence-electron chi connectivity index (χ1n) is 9.90. The normalized spacial score (nSPS) is 40.6. The molecule has 3 fully saturated rings. The van der Waals surface area contributed by atoms with Crippen LogP contribution in [0.5, 0.6) is 0 Å². The molecule has 0 aromatic heterocycles. The van der Waals surface area contributed by atoms with Crippen LogP contribution in [-0.2, 0) is 0 Å². The summed E-state index contributed by atoms with van der Waals surface area (Å²) < 4.78 is 0. The maximum atomic E-state index is 2.63. The topological polar surface area (TPSA) is 0 Å². The molecule has 118 valence electrons. The van der Waals surface area contributed by atoms with Crippen LogP contribution < -0.4 is 0 Å². The summed E-state index contributed by atoms with van der Waals surface area (Å²) in [5.41, 5.74) is 0.478. The van der Waals surface area contributed by atoms with Crippen molar-refractivity contribution in [1.29, 1.82) is 0 Å². The van der Waals surface area contributed by atoms with Gasteiger partial charge in [-0.15, -0.1) is 0 Å². The first kappa shape index (κ1) is 16.0. The van der Waals surface area contributed by atoms with Crippen LogP contribution in [0.15, 0.2) is 0 Å². The first-order valence-corrected chi connectivity index (χ1v) is 9.90. The molecule has 3 saturated carbocycles. The second-order valence-electron chi connectivity index (χ2n) is 9.71. The zero-order valence-electron chi connectivity index (χ0n) is 15.3. The van der Waals surface area contributed by atoms with Crippen LogP contribution in [0.3, 0.4) is 0 Å². The van der Waals surface area contributed by atoms with E-state index >= 15 is 0 Å². The Morgan fingerprint density at radius 3 is 1.52 bits per heavy atom. The third kappa shape index (κ3) is 2.43. The van der Waals surface area contributed by atoms with Crippen molar-refractivity contribution in [1.82, 2.24) is 0 Å². The molecule has 2 heteroatoms. The Morgan fingerprint density at radius 2 is 1.14 bits per heavy atom. The van der Waals surface area contributed by atoms with Gasteiger partial charge in [0.25, 0.3) is 0 Å². The third-order valence-electron chi connectivity index (χ3n) is 8.68. The maximum Gasteiger partial charge on any atom is 0.100 e. The van der Waals surface area contributed by atoms with Crippen LogP contribution in [-0.4, -0.2) is 15.7 Å². The van der Waals surface area contributed by atoms with Crippen molar-refractivity contribution < 1.29 is 0 Å². The highest BCUT2D eigenvalue weighted by Crippen LogP contribution is 2.66. The van der Waals surface area contributed by atoms with Gasteiger partial charge < -0.3 is 0 Å². The second-order valence-corrected chi connectivity index (χ2v) is 9.71. The highest BCUT2D eigenvalue weighted by molar-refractivity contribution is 6.40. The highest BCUT2D eigenvalue weighted by atomic mass is 14.6. The van der Waals surface area contributed by atoms with E-state index in [2.05, 4.69) is 36.5 Å². The summed E-state index contributed by atoms with van der Waals surface area (Å²) in [5, 5.41) is 0.499. The monoisotopic (exact) mass is 286 g/mol. The quantitative estimate of drug-likeness (QED) is 0.687. The van der Waals surface area contributed by atoms with E-state index in [1.165, 1.54) is 32.1 Å². The van der Waals surface area contributed by atoms with E-state index in [0.29, 0.717) is 10.6 Å². The fraction of sp³-hybridized carbons (Fsp3) is 1.00. The Labute approximate surface area is 135 Å². The zero-order valence-corrected chi connectivity index (χ0v) is 15.3. The van der Waals surface area contributed by atoms with Crippen LogP contribution in [0, 0.1) is 35.0 Å². The van der Waals surface area contributed by atoms with Gasteiger partial charge in [0.2, 0.25) is 0 Å². The van der Waals surface area contributed by atoms with Crippen LogP contribution >= 0.6 is 0 Å². The van der Waals surface area contributed by atoms with Crippen molar-refractivity contribution in [3.05, 3.63) is 0 Å². The largest absolute Gasteiger partial charge is 0.100 e. The molecule has 0 heterocycles. The lowest BCUT2D eigenvalue weighted by molar-refractivity contribution is 0.122. The number of hydrogen-bond acceptors (Lipinski definition) is 0. The van der Waals surface area contributed by atoms with Crippen molar-refractivity contribution in [2.24, 2.45) is 35.0 Å². The molecule has 3 aliphatic rings. The van der Waals surface area contributed by atoms with Gasteiger partial charge in [0.1, 0.15) is 15.7 Å². The average molecular weight is 286 g/mol. The van der Waals surface area contributed by atoms with Gasteiger partial charge in [-0.3, -0.25) is 0 Å². The molecule has 0 aromatic carbocycles. The number of fused-ring (bicyclic) bond motifs is 3. The summed E-state index contributed by atoms with van der Waals surface area (Å²) in [5.74, 6) is 5.32. The lowest BCUT2D eigenvalue weighted by Gasteiger charge is -2.51. The van der Waals surface area contributed by atoms with Gasteiger partial charge in [-0.25, -0.2) is 0 Å². The van der Waals surface area contributed by atoms with E-state index in [0.717, 1.165) is 29.6 Å². The molecule has 0 aliphatic heterocycles. The van der Waals surface area contributed by atoms with Crippen molar-refractivity contribution >= 4 is 15.7 Å². The highest BCUT2D eigenvalue weighted by Gasteiger charge is 2.57. The van der Waals surface area contributed by atoms with Crippen LogP contribution in [0.25, 0.3) is 0 Å². The Kier molecular flexibility index (Phi) is 4.30. The van der Waals surface area contributed by atoms with E-state index in [4.69, 9.17) is 0 Å². The third-order valence-corrected chi connectivity index (χ3v) is 8.68. The lowest BCUT2D eigenvalue weighted by Crippen LogP contribution is -2.43. The molecule has 0 bridgehead atoms. The Morgan fingerprint density at radius 1 is 0.762 bits per heavy atom. The van der Waals surface area contributed by atoms with E-state index in [1.807, 2.05) is 0 Å². The molecule has 3 rings (SSSR count). The fourth-order valence-electron chi connectivity index (χ4n) is 6.63. The van der Waals surface area contributed by atoms with Crippen molar-refractivity contribution in [3.63, 3.8) is 0 Å². The van der Waals surface area contributed by atoms with Gasteiger partial charge in [-0.05, 0) is 60.7 Å². The molecule has 4 unspecified atom stereocenters. The van der Waals surface area contributed by atoms with E-state index < -0.39 is 0 Å². The summed E-state index contributed by atoms with van der Waals surface area (Å²) in [6, 6.07) is 0. The molecule has 0 N–H and O–H groups in total. The van der Waals surface area contributed by atoms with Crippen LogP contribution in [0.1, 0.15) is 78.6 Å². The summed E-state index contributed by atoms with van der Waals surface area (Å²) in [6.45, 7) is 7.50. The van der Waals surface area contributed by atoms with Crippen LogP contribution in [0.2, 0.25) is 5.21 Å². The first-order chi connectivity index (χ1) is 9.90. The van der Waals surface area contributed by atoms with Crippen molar-refractivity contribution in [2.75, 3.05) is 0 Å². The standard InChI is InChI=1S/C19H36B2/c1-4-18(2,3)19(20,21)17-15-11-7-5-9-13(15)14-10-6-8-12-16(14)17/h13-17H,4-12,20-21H2,1-3H3. The van der Waals surface area contributed by atoms with E-state index in [9.17, 15) is 0 Å². The zero-order chi connectivity index (χ0) is 15.3. The average Bonchev–Trinajstić information content (AvgIpc) is 2.82. The van der Waals surface area contributed by atoms with E-state index in [1.54, 1.807) is 25.7 Å². The minimum absolute atomic E-state index is 0.478. The summed E-state index contributed by atoms with van der Waals surface area (Å²) in [7, 11) is 5.26. The van der Waals surface area contributed by atoms with Crippen molar-refractivity contribution in [2.45, 2.75) is 83.8 Å². The lowest BCUT2D eigenvalue weighted by atomic mass is 9.35. The molecule has 4 atom stereocenters. The molecular formula is C19H36B2. The minimum Gasteiger partial charge on any atom is -0.0764 e. The van der Waals surface area contributed by atoms with Gasteiger partial charge in [0.15, 0.2) is 0 Å². The van der Waals surface area contributed by atoms with Gasteiger partial charge >= 0.3 is 0 Å². The summed E-state index contributed by atoms with van der Waals surface area (Å²) in [4.78, 5) is 0. The Balaban J connectivity index is 1.95. The molecule has 0 radical (unpaired) electrons. The van der Waals surface area contributed by atoms with Crippen LogP contribution in [0.4, 0.5) is 0 Å². The van der Waals surface area contributed by atoms with Gasteiger partial charge in [-0.1, -0.05) is 58.1 Å². The predicted octanol–water partition coefficient (Wildman–Crippen LogP) is 4.05. The van der Waals surface area contributed by atoms with Gasteiger partial charge in [0.05, 0.1) is 0 Å². The fourth-order valence-corrected chi connectivity index (χ4v) is 6.63. The molecule has 21 heavy (non-hydrogen) atoms.